The first-order valence-corrected chi connectivity index (χ1v) is 10.9. The van der Waals surface area contributed by atoms with Crippen LogP contribution in [0.5, 0.6) is 0 Å². The molecule has 170 valence electrons. The van der Waals surface area contributed by atoms with Gasteiger partial charge >= 0.3 is 11.8 Å². The summed E-state index contributed by atoms with van der Waals surface area (Å²) in [5, 5.41) is 8.10. The zero-order valence-electron chi connectivity index (χ0n) is 17.4. The lowest BCUT2D eigenvalue weighted by atomic mass is 9.88. The first kappa shape index (κ1) is 23.2. The first-order chi connectivity index (χ1) is 14.9. The molecule has 0 spiro atoms. The van der Waals surface area contributed by atoms with Crippen LogP contribution in [0.2, 0.25) is 0 Å². The first-order valence-electron chi connectivity index (χ1n) is 9.46. The topological polar surface area (TPSA) is 171 Å². The summed E-state index contributed by atoms with van der Waals surface area (Å²) in [4.78, 5) is 27.4. The van der Waals surface area contributed by atoms with Crippen LogP contribution in [0.1, 0.15) is 29.5 Å². The van der Waals surface area contributed by atoms with Gasteiger partial charge in [0.2, 0.25) is 15.9 Å². The second-order valence-electron chi connectivity index (χ2n) is 7.36. The van der Waals surface area contributed by atoms with Gasteiger partial charge in [-0.1, -0.05) is 13.0 Å². The van der Waals surface area contributed by atoms with E-state index in [4.69, 9.17) is 11.1 Å². The Kier molecular flexibility index (Phi) is 6.19. The van der Waals surface area contributed by atoms with Crippen molar-refractivity contribution >= 4 is 33.0 Å². The smallest absolute Gasteiger partial charge is 0.394 e. The molecule has 32 heavy (non-hydrogen) atoms. The van der Waals surface area contributed by atoms with Crippen LogP contribution in [0.25, 0.3) is 11.0 Å². The van der Waals surface area contributed by atoms with E-state index in [0.717, 1.165) is 5.56 Å². The van der Waals surface area contributed by atoms with Gasteiger partial charge in [0.15, 0.2) is 0 Å². The lowest BCUT2D eigenvalue weighted by Gasteiger charge is -2.27. The molecule has 1 amide bonds. The minimum absolute atomic E-state index is 0.168. The molecule has 3 rings (SSSR count). The van der Waals surface area contributed by atoms with Crippen LogP contribution in [0.3, 0.4) is 0 Å². The van der Waals surface area contributed by atoms with E-state index in [0.29, 0.717) is 11.1 Å². The predicted molar refractivity (Wildman–Crippen MR) is 116 cm³/mol. The van der Waals surface area contributed by atoms with E-state index in [9.17, 15) is 22.4 Å². The maximum Gasteiger partial charge on any atom is 0.411 e. The van der Waals surface area contributed by atoms with E-state index in [2.05, 4.69) is 19.4 Å². The molecule has 0 aliphatic carbocycles. The molecule has 1 aromatic heterocycles. The normalized spacial score (nSPS) is 13.6. The van der Waals surface area contributed by atoms with Crippen molar-refractivity contribution in [1.82, 2.24) is 14.7 Å². The van der Waals surface area contributed by atoms with Crippen molar-refractivity contribution in [2.75, 3.05) is 0 Å². The predicted octanol–water partition coefficient (Wildman–Crippen LogP) is 2.14. The molecule has 0 saturated carbocycles. The molecule has 2 atom stereocenters. The fourth-order valence-electron chi connectivity index (χ4n) is 3.50. The van der Waals surface area contributed by atoms with Crippen LogP contribution in [-0.2, 0) is 14.8 Å². The van der Waals surface area contributed by atoms with Crippen LogP contribution in [0.4, 0.5) is 9.18 Å². The average molecular weight is 463 g/mol. The molecule has 0 saturated heterocycles. The summed E-state index contributed by atoms with van der Waals surface area (Å²) >= 11 is 0. The molecule has 0 radical (unpaired) electrons. The molecule has 0 bridgehead atoms. The Bertz CT molecular complexity index is 1380. The van der Waals surface area contributed by atoms with Gasteiger partial charge in [0.25, 0.3) is 0 Å². The number of carbonyl (C=O) groups excluding carboxylic acids is 1. The number of nitrogens with two attached hydrogens (primary N) is 1. The highest BCUT2D eigenvalue weighted by Crippen LogP contribution is 2.29. The van der Waals surface area contributed by atoms with E-state index in [-0.39, 0.29) is 16.0 Å². The third-order valence-electron chi connectivity index (χ3n) is 5.26. The molecule has 1 heterocycles. The molecule has 10 nitrogen and oxygen atoms in total. The maximum absolute atomic E-state index is 14.7. The Morgan fingerprint density at radius 1 is 1.19 bits per heavy atom. The number of nitrogens with one attached hydrogen (secondary N) is 4. The minimum Gasteiger partial charge on any atom is -0.394 e. The van der Waals surface area contributed by atoms with Crippen LogP contribution in [0.15, 0.2) is 40.0 Å². The van der Waals surface area contributed by atoms with Crippen LogP contribution in [-0.4, -0.2) is 36.4 Å². The van der Waals surface area contributed by atoms with E-state index in [1.165, 1.54) is 31.2 Å². The molecule has 2 aromatic carbocycles. The van der Waals surface area contributed by atoms with Gasteiger partial charge in [-0.15, -0.1) is 0 Å². The molecule has 3 aromatic rings. The monoisotopic (exact) mass is 463 g/mol. The number of rotatable bonds is 6. The van der Waals surface area contributed by atoms with Crippen molar-refractivity contribution < 1.29 is 22.3 Å². The second kappa shape index (κ2) is 8.55. The summed E-state index contributed by atoms with van der Waals surface area (Å²) in [5.41, 5.74) is 6.66. The van der Waals surface area contributed by atoms with Crippen LogP contribution < -0.4 is 16.1 Å². The summed E-state index contributed by atoms with van der Waals surface area (Å²) in [6.45, 7) is 4.94. The van der Waals surface area contributed by atoms with E-state index in [1.54, 1.807) is 19.9 Å². The number of aromatic amines is 2. The number of primary amides is 1. The van der Waals surface area contributed by atoms with Crippen molar-refractivity contribution in [3.63, 3.8) is 0 Å². The fraction of sp³-hybridized carbons (Fsp3) is 0.250. The highest BCUT2D eigenvalue weighted by atomic mass is 32.2. The zero-order valence-corrected chi connectivity index (χ0v) is 18.3. The number of hydrogen-bond donors (Lipinski definition) is 5. The SMILES string of the molecule is Cc1ccc(F)c(C(C)C(NS(=O)(=O)c2ccc3[nH]c(=O)[nH]c3c2)C(=N)OC(N)=O)c1C. The van der Waals surface area contributed by atoms with Crippen molar-refractivity contribution in [2.45, 2.75) is 37.6 Å². The second-order valence-corrected chi connectivity index (χ2v) is 9.08. The number of halogens is 1. The third kappa shape index (κ3) is 4.55. The van der Waals surface area contributed by atoms with E-state index >= 15 is 0 Å². The van der Waals surface area contributed by atoms with Gasteiger partial charge < -0.3 is 20.4 Å². The van der Waals surface area contributed by atoms with Crippen LogP contribution in [0, 0.1) is 25.1 Å². The lowest BCUT2D eigenvalue weighted by molar-refractivity contribution is 0.204. The number of H-pyrrole nitrogens is 2. The van der Waals surface area contributed by atoms with Gasteiger partial charge in [-0.2, -0.15) is 4.72 Å². The Labute approximate surface area is 182 Å². The summed E-state index contributed by atoms with van der Waals surface area (Å²) < 4.78 is 47.8. The number of benzene rings is 2. The zero-order chi connectivity index (χ0) is 23.8. The van der Waals surface area contributed by atoms with Gasteiger partial charge in [0.05, 0.1) is 15.9 Å². The summed E-state index contributed by atoms with van der Waals surface area (Å²) in [6, 6.07) is 5.26. The Morgan fingerprint density at radius 2 is 1.84 bits per heavy atom. The number of aromatic nitrogens is 2. The van der Waals surface area contributed by atoms with Crippen molar-refractivity contribution in [2.24, 2.45) is 5.73 Å². The number of aryl methyl sites for hydroxylation is 1. The lowest BCUT2D eigenvalue weighted by Crippen LogP contribution is -2.46. The number of sulfonamides is 1. The van der Waals surface area contributed by atoms with Gasteiger partial charge in [0.1, 0.15) is 11.9 Å². The molecule has 0 fully saturated rings. The number of imidazole rings is 1. The summed E-state index contributed by atoms with van der Waals surface area (Å²) in [6.07, 6.45) is -1.31. The number of amides is 1. The van der Waals surface area contributed by atoms with Crippen LogP contribution >= 0.6 is 0 Å². The molecular formula is C20H22FN5O5S. The molecule has 0 aliphatic heterocycles. The third-order valence-corrected chi connectivity index (χ3v) is 6.70. The average Bonchev–Trinajstić information content (AvgIpc) is 3.07. The highest BCUT2D eigenvalue weighted by Gasteiger charge is 2.33. The van der Waals surface area contributed by atoms with E-state index in [1.807, 2.05) is 0 Å². The minimum atomic E-state index is -4.29. The molecular weight excluding hydrogens is 441 g/mol. The highest BCUT2D eigenvalue weighted by molar-refractivity contribution is 7.89. The van der Waals surface area contributed by atoms with E-state index < -0.39 is 45.5 Å². The quantitative estimate of drug-likeness (QED) is 0.278. The summed E-state index contributed by atoms with van der Waals surface area (Å²) in [7, 11) is -4.29. The molecule has 6 N–H and O–H groups in total. The van der Waals surface area contributed by atoms with Gasteiger partial charge in [-0.25, -0.2) is 22.4 Å². The van der Waals surface area contributed by atoms with Gasteiger partial charge in [0, 0.05) is 5.92 Å². The number of carbonyl (C=O) groups is 1. The summed E-state index contributed by atoms with van der Waals surface area (Å²) in [5.74, 6) is -2.32. The molecule has 2 unspecified atom stereocenters. The number of ether oxygens (including phenoxy) is 1. The Balaban J connectivity index is 2.05. The number of hydrogen-bond acceptors (Lipinski definition) is 6. The Hall–Kier alpha value is -3.51. The van der Waals surface area contributed by atoms with Crippen molar-refractivity contribution in [3.8, 4) is 0 Å². The molecule has 0 aliphatic rings. The van der Waals surface area contributed by atoms with Gasteiger partial charge in [-0.3, -0.25) is 5.41 Å². The maximum atomic E-state index is 14.7. The van der Waals surface area contributed by atoms with Crippen molar-refractivity contribution in [1.29, 1.82) is 5.41 Å². The Morgan fingerprint density at radius 3 is 2.50 bits per heavy atom. The largest absolute Gasteiger partial charge is 0.411 e. The molecule has 12 heteroatoms. The standard InChI is InChI=1S/C20H22FN5O5S/c1-9-4-6-13(21)16(10(9)2)11(3)17(18(22)31-19(23)27)26-32(29,30)12-5-7-14-15(8-12)25-20(28)24-14/h4-8,11,17,22,26H,1-3H3,(H2,23,27)(H2,24,25,28). The van der Waals surface area contributed by atoms with Crippen molar-refractivity contribution in [3.05, 3.63) is 63.3 Å². The fourth-order valence-corrected chi connectivity index (χ4v) is 4.80. The number of fused-ring (bicyclic) bond motifs is 1. The van der Waals surface area contributed by atoms with Gasteiger partial charge in [-0.05, 0) is 54.8 Å².